The standard InChI is InChI=1S/C62H110O6/c1-4-7-10-13-16-18-20-22-24-26-28-30-31-33-34-36-38-40-42-44-46-49-52-55-61(64)67-58-59(57-66-60(63)54-51-48-15-12-9-6-3)68-62(65)56-53-50-47-45-43-41-39-37-35-32-29-27-25-23-21-19-17-14-11-8-5-2/h20-23,26-29,31,33,59H,4-19,24-25,30,32,34-58H2,1-3H3/b22-20-,23-21-,28-26-,29-27-,33-31-. The number of hydrogen-bond donors (Lipinski definition) is 0. The Labute approximate surface area is 421 Å². The Morgan fingerprint density at radius 2 is 0.529 bits per heavy atom. The Bertz CT molecular complexity index is 1230. The molecule has 0 rings (SSSR count). The minimum atomic E-state index is -0.776. The van der Waals surface area contributed by atoms with E-state index in [0.29, 0.717) is 19.3 Å². The number of allylic oxidation sites excluding steroid dienone is 10. The molecule has 0 aromatic rings. The summed E-state index contributed by atoms with van der Waals surface area (Å²) >= 11 is 0. The van der Waals surface area contributed by atoms with E-state index in [1.807, 2.05) is 0 Å². The highest BCUT2D eigenvalue weighted by Gasteiger charge is 2.19. The summed E-state index contributed by atoms with van der Waals surface area (Å²) in [4.78, 5) is 37.9. The molecule has 0 heterocycles. The van der Waals surface area contributed by atoms with Crippen LogP contribution in [0.2, 0.25) is 0 Å². The monoisotopic (exact) mass is 951 g/mol. The van der Waals surface area contributed by atoms with E-state index in [1.54, 1.807) is 0 Å². The maximum Gasteiger partial charge on any atom is 0.306 e. The molecule has 0 aromatic carbocycles. The fourth-order valence-corrected chi connectivity index (χ4v) is 8.30. The van der Waals surface area contributed by atoms with Crippen molar-refractivity contribution in [3.05, 3.63) is 60.8 Å². The van der Waals surface area contributed by atoms with Crippen LogP contribution >= 0.6 is 0 Å². The molecule has 0 bridgehead atoms. The van der Waals surface area contributed by atoms with Gasteiger partial charge in [0.1, 0.15) is 13.2 Å². The van der Waals surface area contributed by atoms with E-state index in [4.69, 9.17) is 14.2 Å². The number of rotatable bonds is 53. The van der Waals surface area contributed by atoms with Crippen molar-refractivity contribution >= 4 is 17.9 Å². The molecule has 0 aliphatic heterocycles. The van der Waals surface area contributed by atoms with Gasteiger partial charge < -0.3 is 14.2 Å². The number of unbranched alkanes of at least 4 members (excludes halogenated alkanes) is 32. The van der Waals surface area contributed by atoms with E-state index in [0.717, 1.165) is 83.5 Å². The van der Waals surface area contributed by atoms with Gasteiger partial charge in [-0.25, -0.2) is 0 Å². The van der Waals surface area contributed by atoms with Gasteiger partial charge >= 0.3 is 17.9 Å². The summed E-state index contributed by atoms with van der Waals surface area (Å²) < 4.78 is 16.8. The number of hydrogen-bond acceptors (Lipinski definition) is 6. The molecule has 0 aliphatic rings. The van der Waals surface area contributed by atoms with E-state index in [-0.39, 0.29) is 31.1 Å². The van der Waals surface area contributed by atoms with E-state index < -0.39 is 6.10 Å². The van der Waals surface area contributed by atoms with Crippen LogP contribution < -0.4 is 0 Å². The van der Waals surface area contributed by atoms with Gasteiger partial charge in [0.2, 0.25) is 0 Å². The van der Waals surface area contributed by atoms with Crippen LogP contribution in [0, 0.1) is 0 Å². The first kappa shape index (κ1) is 65.1. The molecule has 0 saturated carbocycles. The van der Waals surface area contributed by atoms with Crippen LogP contribution in [0.25, 0.3) is 0 Å². The van der Waals surface area contributed by atoms with Gasteiger partial charge in [-0.2, -0.15) is 0 Å². The molecule has 0 aromatic heterocycles. The molecule has 6 nitrogen and oxygen atoms in total. The Kier molecular flexibility index (Phi) is 54.3. The van der Waals surface area contributed by atoms with Crippen LogP contribution in [0.3, 0.4) is 0 Å². The van der Waals surface area contributed by atoms with Crippen LogP contribution in [0.4, 0.5) is 0 Å². The van der Waals surface area contributed by atoms with Crippen molar-refractivity contribution in [1.29, 1.82) is 0 Å². The lowest BCUT2D eigenvalue weighted by molar-refractivity contribution is -0.167. The van der Waals surface area contributed by atoms with E-state index in [9.17, 15) is 14.4 Å². The van der Waals surface area contributed by atoms with Gasteiger partial charge in [0.15, 0.2) is 6.10 Å². The third kappa shape index (κ3) is 54.1. The smallest absolute Gasteiger partial charge is 0.306 e. The minimum Gasteiger partial charge on any atom is -0.462 e. The third-order valence-corrected chi connectivity index (χ3v) is 12.7. The van der Waals surface area contributed by atoms with Crippen molar-refractivity contribution in [2.75, 3.05) is 13.2 Å². The molecule has 0 saturated heterocycles. The minimum absolute atomic E-state index is 0.0777. The lowest BCUT2D eigenvalue weighted by Gasteiger charge is -2.18. The van der Waals surface area contributed by atoms with Crippen molar-refractivity contribution in [2.45, 2.75) is 303 Å². The predicted molar refractivity (Wildman–Crippen MR) is 293 cm³/mol. The van der Waals surface area contributed by atoms with Crippen molar-refractivity contribution < 1.29 is 28.6 Å². The van der Waals surface area contributed by atoms with E-state index in [1.165, 1.54) is 173 Å². The Morgan fingerprint density at radius 3 is 0.824 bits per heavy atom. The number of carbonyl (C=O) groups is 3. The molecule has 0 aliphatic carbocycles. The Balaban J connectivity index is 4.16. The number of ether oxygens (including phenoxy) is 3. The second-order valence-corrected chi connectivity index (χ2v) is 19.6. The van der Waals surface area contributed by atoms with Gasteiger partial charge in [-0.05, 0) is 89.9 Å². The molecule has 1 unspecified atom stereocenters. The molecule has 68 heavy (non-hydrogen) atoms. The van der Waals surface area contributed by atoms with Gasteiger partial charge in [-0.3, -0.25) is 14.4 Å². The fourth-order valence-electron chi connectivity index (χ4n) is 8.30. The Morgan fingerprint density at radius 1 is 0.294 bits per heavy atom. The van der Waals surface area contributed by atoms with Gasteiger partial charge in [0.05, 0.1) is 0 Å². The van der Waals surface area contributed by atoms with Crippen molar-refractivity contribution in [3.8, 4) is 0 Å². The first-order valence-corrected chi connectivity index (χ1v) is 29.3. The Hall–Kier alpha value is -2.89. The molecule has 0 spiro atoms. The molecule has 0 amide bonds. The maximum atomic E-state index is 12.8. The molecule has 1 atom stereocenters. The summed E-state index contributed by atoms with van der Waals surface area (Å²) in [6, 6.07) is 0. The van der Waals surface area contributed by atoms with E-state index >= 15 is 0 Å². The number of carbonyl (C=O) groups excluding carboxylic acids is 3. The van der Waals surface area contributed by atoms with Crippen LogP contribution in [-0.2, 0) is 28.6 Å². The summed E-state index contributed by atoms with van der Waals surface area (Å²) in [5, 5.41) is 0. The first-order chi connectivity index (χ1) is 33.5. The summed E-state index contributed by atoms with van der Waals surface area (Å²) in [7, 11) is 0. The van der Waals surface area contributed by atoms with Gasteiger partial charge in [0.25, 0.3) is 0 Å². The number of esters is 3. The largest absolute Gasteiger partial charge is 0.462 e. The summed E-state index contributed by atoms with van der Waals surface area (Å²) in [5.74, 6) is -0.890. The van der Waals surface area contributed by atoms with Crippen molar-refractivity contribution in [2.24, 2.45) is 0 Å². The van der Waals surface area contributed by atoms with E-state index in [2.05, 4.69) is 81.5 Å². The lowest BCUT2D eigenvalue weighted by atomic mass is 10.1. The summed E-state index contributed by atoms with van der Waals surface area (Å²) in [5.41, 5.74) is 0. The van der Waals surface area contributed by atoms with Crippen LogP contribution in [0.1, 0.15) is 297 Å². The van der Waals surface area contributed by atoms with Crippen LogP contribution in [-0.4, -0.2) is 37.2 Å². The zero-order valence-electron chi connectivity index (χ0n) is 45.1. The third-order valence-electron chi connectivity index (χ3n) is 12.7. The fraction of sp³-hybridized carbons (Fsp3) is 0.790. The normalized spacial score (nSPS) is 12.5. The quantitative estimate of drug-likeness (QED) is 0.0262. The lowest BCUT2D eigenvalue weighted by Crippen LogP contribution is -2.30. The highest BCUT2D eigenvalue weighted by atomic mass is 16.6. The summed E-state index contributed by atoms with van der Waals surface area (Å²) in [6.07, 6.45) is 71.0. The predicted octanol–water partition coefficient (Wildman–Crippen LogP) is 19.6. The molecule has 394 valence electrons. The average Bonchev–Trinajstić information content (AvgIpc) is 3.34. The van der Waals surface area contributed by atoms with Gasteiger partial charge in [-0.1, -0.05) is 248 Å². The summed E-state index contributed by atoms with van der Waals surface area (Å²) in [6.45, 7) is 6.57. The zero-order chi connectivity index (χ0) is 49.3. The van der Waals surface area contributed by atoms with Crippen LogP contribution in [0.15, 0.2) is 60.8 Å². The average molecular weight is 952 g/mol. The molecule has 0 N–H and O–H groups in total. The molecular formula is C62H110O6. The van der Waals surface area contributed by atoms with Crippen molar-refractivity contribution in [1.82, 2.24) is 0 Å². The second kappa shape index (κ2) is 56.7. The highest BCUT2D eigenvalue weighted by molar-refractivity contribution is 5.71. The molecular weight excluding hydrogens is 841 g/mol. The molecule has 0 radical (unpaired) electrons. The van der Waals surface area contributed by atoms with Crippen molar-refractivity contribution in [3.63, 3.8) is 0 Å². The van der Waals surface area contributed by atoms with Crippen LogP contribution in [0.5, 0.6) is 0 Å². The first-order valence-electron chi connectivity index (χ1n) is 29.3. The second-order valence-electron chi connectivity index (χ2n) is 19.6. The maximum absolute atomic E-state index is 12.8. The van der Waals surface area contributed by atoms with Gasteiger partial charge in [0, 0.05) is 19.3 Å². The zero-order valence-corrected chi connectivity index (χ0v) is 45.1. The SMILES string of the molecule is CCCCCCC/C=C\C/C=C\C/C=C\CCCCCCCCCCC(=O)OCC(COC(=O)CCCCCCCC)OC(=O)CCCCCCCCCCC/C=C\C/C=C\CCCCCCC. The van der Waals surface area contributed by atoms with Gasteiger partial charge in [-0.15, -0.1) is 0 Å². The topological polar surface area (TPSA) is 78.9 Å². The highest BCUT2D eigenvalue weighted by Crippen LogP contribution is 2.15. The molecule has 0 fully saturated rings. The molecule has 6 heteroatoms.